The van der Waals surface area contributed by atoms with Crippen LogP contribution in [-0.2, 0) is 20.8 Å². The van der Waals surface area contributed by atoms with E-state index in [0.29, 0.717) is 31.3 Å². The molecular formula is C15H22O4. The molecule has 0 aliphatic rings. The Labute approximate surface area is 114 Å². The zero-order chi connectivity index (χ0) is 14.1. The number of hydrogen-bond donors (Lipinski definition) is 0. The topological polar surface area (TPSA) is 44.8 Å². The Kier molecular flexibility index (Phi) is 7.15. The minimum atomic E-state index is -0.324. The second-order valence-electron chi connectivity index (χ2n) is 4.71. The second kappa shape index (κ2) is 8.67. The van der Waals surface area contributed by atoms with Gasteiger partial charge in [-0.3, -0.25) is 0 Å². The van der Waals surface area contributed by atoms with Gasteiger partial charge in [0.15, 0.2) is 0 Å². The lowest BCUT2D eigenvalue weighted by atomic mass is 10.1. The van der Waals surface area contributed by atoms with Crippen LogP contribution in [0, 0.1) is 5.92 Å². The molecule has 0 N–H and O–H groups in total. The van der Waals surface area contributed by atoms with Crippen molar-refractivity contribution >= 4 is 5.97 Å². The number of benzene rings is 1. The van der Waals surface area contributed by atoms with Crippen LogP contribution >= 0.6 is 0 Å². The fraction of sp³-hybridized carbons (Fsp3) is 0.533. The Balaban J connectivity index is 2.21. The van der Waals surface area contributed by atoms with Gasteiger partial charge in [0, 0.05) is 6.61 Å². The number of rotatable bonds is 8. The summed E-state index contributed by atoms with van der Waals surface area (Å²) in [6.07, 6.45) is 0. The summed E-state index contributed by atoms with van der Waals surface area (Å²) in [6.45, 7) is 6.70. The molecule has 0 amide bonds. The molecule has 106 valence electrons. The van der Waals surface area contributed by atoms with Crippen molar-refractivity contribution in [2.45, 2.75) is 20.5 Å². The first-order valence-electron chi connectivity index (χ1n) is 6.46. The third kappa shape index (κ3) is 6.36. The summed E-state index contributed by atoms with van der Waals surface area (Å²) in [6, 6.07) is 7.20. The zero-order valence-electron chi connectivity index (χ0n) is 11.8. The Bertz CT molecular complexity index is 370. The molecule has 4 nitrogen and oxygen atoms in total. The summed E-state index contributed by atoms with van der Waals surface area (Å²) < 4.78 is 15.5. The molecule has 0 aromatic heterocycles. The maximum Gasteiger partial charge on any atom is 0.337 e. The molecule has 0 fully saturated rings. The molecule has 0 heterocycles. The fourth-order valence-corrected chi connectivity index (χ4v) is 1.48. The molecule has 1 rings (SSSR count). The van der Waals surface area contributed by atoms with Crippen LogP contribution in [0.2, 0.25) is 0 Å². The van der Waals surface area contributed by atoms with Crippen molar-refractivity contribution < 1.29 is 19.0 Å². The lowest BCUT2D eigenvalue weighted by Crippen LogP contribution is -2.08. The largest absolute Gasteiger partial charge is 0.465 e. The SMILES string of the molecule is COC(=O)c1ccc(COCCOCC(C)C)cc1. The van der Waals surface area contributed by atoms with Crippen molar-refractivity contribution in [1.82, 2.24) is 0 Å². The molecule has 0 aliphatic carbocycles. The summed E-state index contributed by atoms with van der Waals surface area (Å²) in [5, 5.41) is 0. The molecule has 0 atom stereocenters. The highest BCUT2D eigenvalue weighted by atomic mass is 16.5. The summed E-state index contributed by atoms with van der Waals surface area (Å²) in [4.78, 5) is 11.2. The smallest absolute Gasteiger partial charge is 0.337 e. The third-order valence-electron chi connectivity index (χ3n) is 2.47. The van der Waals surface area contributed by atoms with E-state index >= 15 is 0 Å². The van der Waals surface area contributed by atoms with Gasteiger partial charge < -0.3 is 14.2 Å². The first-order chi connectivity index (χ1) is 9.13. The first-order valence-corrected chi connectivity index (χ1v) is 6.46. The van der Waals surface area contributed by atoms with E-state index in [-0.39, 0.29) is 5.97 Å². The van der Waals surface area contributed by atoms with Crippen molar-refractivity contribution in [3.63, 3.8) is 0 Å². The molecule has 1 aromatic rings. The van der Waals surface area contributed by atoms with E-state index < -0.39 is 0 Å². The van der Waals surface area contributed by atoms with Gasteiger partial charge in [0.2, 0.25) is 0 Å². The van der Waals surface area contributed by atoms with Crippen LogP contribution in [0.4, 0.5) is 0 Å². The monoisotopic (exact) mass is 266 g/mol. The van der Waals surface area contributed by atoms with Gasteiger partial charge in [-0.15, -0.1) is 0 Å². The van der Waals surface area contributed by atoms with E-state index in [1.54, 1.807) is 12.1 Å². The van der Waals surface area contributed by atoms with Crippen LogP contribution in [0.25, 0.3) is 0 Å². The zero-order valence-corrected chi connectivity index (χ0v) is 11.8. The molecule has 0 saturated carbocycles. The van der Waals surface area contributed by atoms with Crippen LogP contribution in [0.3, 0.4) is 0 Å². The minimum Gasteiger partial charge on any atom is -0.465 e. The van der Waals surface area contributed by atoms with E-state index in [1.807, 2.05) is 12.1 Å². The highest BCUT2D eigenvalue weighted by Gasteiger charge is 2.04. The number of esters is 1. The third-order valence-corrected chi connectivity index (χ3v) is 2.47. The van der Waals surface area contributed by atoms with E-state index in [4.69, 9.17) is 9.47 Å². The molecule has 0 saturated heterocycles. The Morgan fingerprint density at radius 1 is 1.11 bits per heavy atom. The number of carbonyl (C=O) groups excluding carboxylic acids is 1. The summed E-state index contributed by atoms with van der Waals surface area (Å²) in [5.74, 6) is 0.223. The van der Waals surface area contributed by atoms with Gasteiger partial charge in [-0.1, -0.05) is 26.0 Å². The van der Waals surface area contributed by atoms with Gasteiger partial charge in [0.25, 0.3) is 0 Å². The normalized spacial score (nSPS) is 10.7. The maximum atomic E-state index is 11.2. The molecule has 0 bridgehead atoms. The van der Waals surface area contributed by atoms with Gasteiger partial charge in [0.1, 0.15) is 0 Å². The lowest BCUT2D eigenvalue weighted by Gasteiger charge is -2.08. The highest BCUT2D eigenvalue weighted by molar-refractivity contribution is 5.89. The highest BCUT2D eigenvalue weighted by Crippen LogP contribution is 2.07. The number of carbonyl (C=O) groups is 1. The van der Waals surface area contributed by atoms with Crippen molar-refractivity contribution in [2.75, 3.05) is 26.9 Å². The average Bonchev–Trinajstić information content (AvgIpc) is 2.42. The predicted octanol–water partition coefficient (Wildman–Crippen LogP) is 2.66. The Morgan fingerprint density at radius 3 is 2.32 bits per heavy atom. The molecule has 0 aliphatic heterocycles. The molecule has 0 unspecified atom stereocenters. The minimum absolute atomic E-state index is 0.324. The van der Waals surface area contributed by atoms with Gasteiger partial charge in [-0.05, 0) is 23.6 Å². The van der Waals surface area contributed by atoms with Crippen molar-refractivity contribution in [2.24, 2.45) is 5.92 Å². The van der Waals surface area contributed by atoms with Gasteiger partial charge in [-0.25, -0.2) is 4.79 Å². The average molecular weight is 266 g/mol. The van der Waals surface area contributed by atoms with Crippen molar-refractivity contribution in [1.29, 1.82) is 0 Å². The number of hydrogen-bond acceptors (Lipinski definition) is 4. The van der Waals surface area contributed by atoms with E-state index in [1.165, 1.54) is 7.11 Å². The van der Waals surface area contributed by atoms with Crippen molar-refractivity contribution in [3.05, 3.63) is 35.4 Å². The summed E-state index contributed by atoms with van der Waals surface area (Å²) >= 11 is 0. The van der Waals surface area contributed by atoms with Crippen LogP contribution in [0.15, 0.2) is 24.3 Å². The van der Waals surface area contributed by atoms with Crippen molar-refractivity contribution in [3.8, 4) is 0 Å². The van der Waals surface area contributed by atoms with Gasteiger partial charge >= 0.3 is 5.97 Å². The van der Waals surface area contributed by atoms with E-state index in [9.17, 15) is 4.79 Å². The lowest BCUT2D eigenvalue weighted by molar-refractivity contribution is 0.0314. The van der Waals surface area contributed by atoms with Crippen LogP contribution in [-0.4, -0.2) is 32.9 Å². The number of methoxy groups -OCH3 is 1. The fourth-order valence-electron chi connectivity index (χ4n) is 1.48. The molecular weight excluding hydrogens is 244 g/mol. The molecule has 0 spiro atoms. The van der Waals surface area contributed by atoms with E-state index in [0.717, 1.165) is 12.2 Å². The van der Waals surface area contributed by atoms with Crippen LogP contribution < -0.4 is 0 Å². The predicted molar refractivity (Wildman–Crippen MR) is 73.1 cm³/mol. The quantitative estimate of drug-likeness (QED) is 0.536. The molecule has 19 heavy (non-hydrogen) atoms. The van der Waals surface area contributed by atoms with Gasteiger partial charge in [0.05, 0.1) is 32.5 Å². The molecule has 4 heteroatoms. The first kappa shape index (κ1) is 15.7. The number of ether oxygens (including phenoxy) is 3. The molecule has 0 radical (unpaired) electrons. The summed E-state index contributed by atoms with van der Waals surface area (Å²) in [5.41, 5.74) is 1.57. The Hall–Kier alpha value is -1.39. The maximum absolute atomic E-state index is 11.2. The Morgan fingerprint density at radius 2 is 1.74 bits per heavy atom. The van der Waals surface area contributed by atoms with E-state index in [2.05, 4.69) is 18.6 Å². The van der Waals surface area contributed by atoms with Crippen LogP contribution in [0.1, 0.15) is 29.8 Å². The molecule has 1 aromatic carbocycles. The summed E-state index contributed by atoms with van der Waals surface area (Å²) in [7, 11) is 1.37. The van der Waals surface area contributed by atoms with Gasteiger partial charge in [-0.2, -0.15) is 0 Å². The van der Waals surface area contributed by atoms with Crippen LogP contribution in [0.5, 0.6) is 0 Å². The second-order valence-corrected chi connectivity index (χ2v) is 4.71. The standard InChI is InChI=1S/C15H22O4/c1-12(2)10-18-8-9-19-11-13-4-6-14(7-5-13)15(16)17-3/h4-7,12H,8-11H2,1-3H3.